The molecule has 2 fully saturated rings. The number of anilines is 1. The van der Waals surface area contributed by atoms with Gasteiger partial charge in [0.2, 0.25) is 5.91 Å². The van der Waals surface area contributed by atoms with Crippen LogP contribution in [0.25, 0.3) is 0 Å². The fourth-order valence-corrected chi connectivity index (χ4v) is 5.11. The van der Waals surface area contributed by atoms with Gasteiger partial charge in [0.15, 0.2) is 0 Å². The largest absolute Gasteiger partial charge is 0.507 e. The van der Waals surface area contributed by atoms with E-state index in [9.17, 15) is 14.7 Å². The zero-order valence-corrected chi connectivity index (χ0v) is 18.3. The number of benzene rings is 2. The molecule has 2 saturated carbocycles. The highest BCUT2D eigenvalue weighted by Crippen LogP contribution is 2.49. The van der Waals surface area contributed by atoms with Crippen molar-refractivity contribution in [2.45, 2.75) is 51.0 Å². The molecule has 0 radical (unpaired) electrons. The second-order valence-electron chi connectivity index (χ2n) is 9.15. The van der Waals surface area contributed by atoms with Crippen molar-refractivity contribution in [1.29, 1.82) is 0 Å². The van der Waals surface area contributed by atoms with Crippen LogP contribution in [0, 0.1) is 17.8 Å². The molecule has 1 amide bonds. The van der Waals surface area contributed by atoms with E-state index in [1.54, 1.807) is 0 Å². The lowest BCUT2D eigenvalue weighted by Gasteiger charge is -2.23. The van der Waals surface area contributed by atoms with E-state index in [1.807, 2.05) is 18.2 Å². The lowest BCUT2D eigenvalue weighted by atomic mass is 9.95. The monoisotopic (exact) mass is 436 g/mol. The maximum atomic E-state index is 13.1. The minimum absolute atomic E-state index is 0.0546. The number of rotatable bonds is 9. The van der Waals surface area contributed by atoms with Crippen LogP contribution in [-0.2, 0) is 11.2 Å². The highest BCUT2D eigenvalue weighted by Gasteiger charge is 2.53. The van der Waals surface area contributed by atoms with E-state index in [1.165, 1.54) is 55.9 Å². The molecule has 0 heterocycles. The maximum Gasteiger partial charge on any atom is 0.339 e. The summed E-state index contributed by atoms with van der Waals surface area (Å²) in [5, 5.41) is 25.6. The van der Waals surface area contributed by atoms with Crippen molar-refractivity contribution in [3.05, 3.63) is 59.7 Å². The van der Waals surface area contributed by atoms with Crippen LogP contribution in [0.2, 0.25) is 0 Å². The Kier molecular flexibility index (Phi) is 7.10. The molecule has 2 aromatic rings. The summed E-state index contributed by atoms with van der Waals surface area (Å²) in [5.41, 5.74) is 1.53. The van der Waals surface area contributed by atoms with Gasteiger partial charge in [-0.05, 0) is 61.8 Å². The molecular weight excluding hydrogens is 404 g/mol. The molecule has 2 aliphatic rings. The van der Waals surface area contributed by atoms with Gasteiger partial charge < -0.3 is 20.8 Å². The third kappa shape index (κ3) is 5.49. The van der Waals surface area contributed by atoms with E-state index in [2.05, 4.69) is 22.8 Å². The van der Waals surface area contributed by atoms with Gasteiger partial charge in [-0.3, -0.25) is 4.79 Å². The first-order chi connectivity index (χ1) is 15.5. The average molecular weight is 437 g/mol. The molecule has 0 bridgehead atoms. The molecule has 170 valence electrons. The van der Waals surface area contributed by atoms with Crippen LogP contribution in [0.3, 0.4) is 0 Å². The number of aromatic carboxylic acids is 1. The normalized spacial score (nSPS) is 22.9. The number of amides is 1. The number of aryl methyl sites for hydroxylation is 1. The van der Waals surface area contributed by atoms with Crippen molar-refractivity contribution in [3.8, 4) is 5.75 Å². The predicted molar refractivity (Wildman–Crippen MR) is 124 cm³/mol. The molecule has 4 N–H and O–H groups in total. The van der Waals surface area contributed by atoms with Gasteiger partial charge in [-0.25, -0.2) is 4.79 Å². The first-order valence-electron chi connectivity index (χ1n) is 11.7. The Bertz CT molecular complexity index is 940. The van der Waals surface area contributed by atoms with Gasteiger partial charge in [-0.2, -0.15) is 0 Å². The van der Waals surface area contributed by atoms with Gasteiger partial charge in [-0.15, -0.1) is 0 Å². The number of nitrogens with one attached hydrogen (secondary N) is 2. The zero-order chi connectivity index (χ0) is 22.5. The third-order valence-electron chi connectivity index (χ3n) is 6.99. The molecular formula is C26H32N2O4. The first-order valence-corrected chi connectivity index (χ1v) is 11.7. The molecule has 0 unspecified atom stereocenters. The number of carbonyl (C=O) groups is 2. The summed E-state index contributed by atoms with van der Waals surface area (Å²) in [5.74, 6) is -1.05. The van der Waals surface area contributed by atoms with Gasteiger partial charge in [0.25, 0.3) is 0 Å². The highest BCUT2D eigenvalue weighted by molar-refractivity contribution is 5.96. The van der Waals surface area contributed by atoms with Crippen LogP contribution in [0.5, 0.6) is 5.75 Å². The van der Waals surface area contributed by atoms with E-state index >= 15 is 0 Å². The molecule has 0 spiro atoms. The van der Waals surface area contributed by atoms with E-state index < -0.39 is 5.97 Å². The molecule has 2 aliphatic carbocycles. The molecule has 0 aliphatic heterocycles. The summed E-state index contributed by atoms with van der Waals surface area (Å²) in [4.78, 5) is 24.1. The van der Waals surface area contributed by atoms with Crippen molar-refractivity contribution in [2.75, 3.05) is 11.9 Å². The smallest absolute Gasteiger partial charge is 0.339 e. The van der Waals surface area contributed by atoms with Crippen LogP contribution in [0.15, 0.2) is 48.5 Å². The number of carbonyl (C=O) groups excluding carboxylic acids is 1. The molecule has 32 heavy (non-hydrogen) atoms. The maximum absolute atomic E-state index is 13.1. The third-order valence-corrected chi connectivity index (χ3v) is 6.99. The molecule has 4 rings (SSSR count). The minimum Gasteiger partial charge on any atom is -0.507 e. The molecule has 3 atom stereocenters. The van der Waals surface area contributed by atoms with Gasteiger partial charge in [-0.1, -0.05) is 49.6 Å². The van der Waals surface area contributed by atoms with Crippen LogP contribution >= 0.6 is 0 Å². The highest BCUT2D eigenvalue weighted by atomic mass is 16.4. The van der Waals surface area contributed by atoms with E-state index in [4.69, 9.17) is 5.11 Å². The molecule has 0 aromatic heterocycles. The minimum atomic E-state index is -1.20. The van der Waals surface area contributed by atoms with Gasteiger partial charge >= 0.3 is 5.97 Å². The molecule has 6 nitrogen and oxygen atoms in total. The second kappa shape index (κ2) is 10.2. The Morgan fingerprint density at radius 3 is 2.41 bits per heavy atom. The lowest BCUT2D eigenvalue weighted by molar-refractivity contribution is -0.117. The SMILES string of the molecule is O=C(O)c1ccc(NC(=O)[C@H]2[C@@H](CCc3ccccc3)[C@@H]2CNC2CCCCC2)cc1O. The summed E-state index contributed by atoms with van der Waals surface area (Å²) in [6.07, 6.45) is 8.21. The predicted octanol–water partition coefficient (Wildman–Crippen LogP) is 4.45. The fourth-order valence-electron chi connectivity index (χ4n) is 5.11. The standard InChI is InChI=1S/C26H32N2O4/c29-23-15-19(12-14-21(23)26(31)32)28-25(30)24-20(13-11-17-7-3-1-4-8-17)22(24)16-27-18-9-5-2-6-10-18/h1,3-4,7-8,12,14-15,18,20,22,24,27,29H,2,5-6,9-11,13,16H2,(H,28,30)(H,31,32)/t20-,22-,24-/m0/s1. The number of carboxylic acids is 1. The number of aromatic hydroxyl groups is 1. The Labute approximate surface area is 189 Å². The molecule has 2 aromatic carbocycles. The van der Waals surface area contributed by atoms with Crippen molar-refractivity contribution < 1.29 is 19.8 Å². The number of carboxylic acid groups (broad SMARTS) is 1. The Balaban J connectivity index is 1.38. The topological polar surface area (TPSA) is 98.7 Å². The van der Waals surface area contributed by atoms with Crippen molar-refractivity contribution in [3.63, 3.8) is 0 Å². The summed E-state index contributed by atoms with van der Waals surface area (Å²) in [6, 6.07) is 15.1. The Hall–Kier alpha value is -2.86. The number of hydrogen-bond acceptors (Lipinski definition) is 4. The molecule has 6 heteroatoms. The van der Waals surface area contributed by atoms with Crippen LogP contribution in [-0.4, -0.2) is 34.7 Å². The van der Waals surface area contributed by atoms with Gasteiger partial charge in [0.05, 0.1) is 0 Å². The van der Waals surface area contributed by atoms with Crippen LogP contribution in [0.1, 0.15) is 54.4 Å². The summed E-state index contributed by atoms with van der Waals surface area (Å²) >= 11 is 0. The van der Waals surface area contributed by atoms with Crippen LogP contribution < -0.4 is 10.6 Å². The van der Waals surface area contributed by atoms with E-state index in [0.29, 0.717) is 23.6 Å². The van der Waals surface area contributed by atoms with Crippen molar-refractivity contribution in [1.82, 2.24) is 5.32 Å². The van der Waals surface area contributed by atoms with Gasteiger partial charge in [0.1, 0.15) is 11.3 Å². The summed E-state index contributed by atoms with van der Waals surface area (Å²) in [6.45, 7) is 0.853. The summed E-state index contributed by atoms with van der Waals surface area (Å²) < 4.78 is 0. The van der Waals surface area contributed by atoms with Gasteiger partial charge in [0, 0.05) is 23.7 Å². The fraction of sp³-hybridized carbons (Fsp3) is 0.462. The quantitative estimate of drug-likeness (QED) is 0.466. The van der Waals surface area contributed by atoms with Crippen molar-refractivity contribution in [2.24, 2.45) is 17.8 Å². The average Bonchev–Trinajstić information content (AvgIpc) is 3.50. The van der Waals surface area contributed by atoms with E-state index in [0.717, 1.165) is 19.4 Å². The number of phenols is 1. The van der Waals surface area contributed by atoms with Crippen LogP contribution in [0.4, 0.5) is 5.69 Å². The zero-order valence-electron chi connectivity index (χ0n) is 18.3. The number of hydrogen-bond donors (Lipinski definition) is 4. The van der Waals surface area contributed by atoms with Crippen molar-refractivity contribution >= 4 is 17.6 Å². The van der Waals surface area contributed by atoms with E-state index in [-0.39, 0.29) is 23.1 Å². The molecule has 0 saturated heterocycles. The Morgan fingerprint density at radius 1 is 0.969 bits per heavy atom. The first kappa shape index (κ1) is 22.3. The second-order valence-corrected chi connectivity index (χ2v) is 9.15. The Morgan fingerprint density at radius 2 is 1.72 bits per heavy atom. The summed E-state index contributed by atoms with van der Waals surface area (Å²) in [7, 11) is 0. The lowest BCUT2D eigenvalue weighted by Crippen LogP contribution is -2.33.